The zero-order chi connectivity index (χ0) is 14.1. The number of hydrogen-bond acceptors (Lipinski definition) is 4. The third-order valence-electron chi connectivity index (χ3n) is 2.90. The lowest BCUT2D eigenvalue weighted by Gasteiger charge is -1.99. The number of hydrogen-bond donors (Lipinski definition) is 1. The number of phenolic OH excluding ortho intramolecular Hbond substituents is 1. The second-order valence-electron chi connectivity index (χ2n) is 4.45. The molecular formula is C15H11BrN2O2. The fraction of sp³-hybridized carbons (Fsp3) is 0.0667. The molecule has 5 heteroatoms. The summed E-state index contributed by atoms with van der Waals surface area (Å²) in [5.41, 5.74) is 2.77. The van der Waals surface area contributed by atoms with Crippen LogP contribution in [-0.2, 0) is 0 Å². The Hall–Kier alpha value is -2.14. The highest BCUT2D eigenvalue weighted by Gasteiger charge is 2.13. The van der Waals surface area contributed by atoms with E-state index in [0.717, 1.165) is 21.2 Å². The maximum atomic E-state index is 9.28. The standard InChI is InChI=1S/C15H11BrN2O2/c1-9-2-7-13(16)12(8-9)15-17-14(18-20-15)10-3-5-11(19)6-4-10/h2-8,19H,1H3. The maximum Gasteiger partial charge on any atom is 0.259 e. The maximum absolute atomic E-state index is 9.28. The molecule has 0 fully saturated rings. The van der Waals surface area contributed by atoms with Gasteiger partial charge < -0.3 is 9.63 Å². The molecule has 0 spiro atoms. The van der Waals surface area contributed by atoms with Crippen LogP contribution >= 0.6 is 15.9 Å². The Morgan fingerprint density at radius 2 is 1.85 bits per heavy atom. The molecular weight excluding hydrogens is 320 g/mol. The van der Waals surface area contributed by atoms with Crippen LogP contribution in [-0.4, -0.2) is 15.2 Å². The lowest BCUT2D eigenvalue weighted by atomic mass is 10.1. The smallest absolute Gasteiger partial charge is 0.259 e. The normalized spacial score (nSPS) is 10.7. The molecule has 0 saturated heterocycles. The zero-order valence-corrected chi connectivity index (χ0v) is 12.3. The van der Waals surface area contributed by atoms with Crippen LogP contribution in [0, 0.1) is 6.92 Å². The predicted molar refractivity (Wildman–Crippen MR) is 79.3 cm³/mol. The van der Waals surface area contributed by atoms with Gasteiger partial charge >= 0.3 is 0 Å². The number of aryl methyl sites for hydroxylation is 1. The first kappa shape index (κ1) is 12.9. The molecule has 0 aliphatic rings. The minimum absolute atomic E-state index is 0.207. The molecule has 1 N–H and O–H groups in total. The van der Waals surface area contributed by atoms with Crippen molar-refractivity contribution in [3.05, 3.63) is 52.5 Å². The molecule has 0 atom stereocenters. The molecule has 1 heterocycles. The van der Waals surface area contributed by atoms with Crippen LogP contribution in [0.1, 0.15) is 5.56 Å². The van der Waals surface area contributed by atoms with Crippen molar-refractivity contribution in [2.24, 2.45) is 0 Å². The van der Waals surface area contributed by atoms with Crippen LogP contribution in [0.4, 0.5) is 0 Å². The van der Waals surface area contributed by atoms with E-state index in [1.54, 1.807) is 24.3 Å². The number of rotatable bonds is 2. The second-order valence-corrected chi connectivity index (χ2v) is 5.31. The number of aromatic hydroxyl groups is 1. The van der Waals surface area contributed by atoms with E-state index in [1.165, 1.54) is 0 Å². The molecule has 2 aromatic carbocycles. The van der Waals surface area contributed by atoms with E-state index < -0.39 is 0 Å². The van der Waals surface area contributed by atoms with Gasteiger partial charge in [-0.3, -0.25) is 0 Å². The van der Waals surface area contributed by atoms with Gasteiger partial charge in [-0.2, -0.15) is 4.98 Å². The van der Waals surface area contributed by atoms with Crippen molar-refractivity contribution in [3.63, 3.8) is 0 Å². The molecule has 3 aromatic rings. The van der Waals surface area contributed by atoms with E-state index in [2.05, 4.69) is 26.1 Å². The first-order valence-electron chi connectivity index (χ1n) is 6.03. The molecule has 0 amide bonds. The van der Waals surface area contributed by atoms with Gasteiger partial charge in [-0.05, 0) is 59.3 Å². The summed E-state index contributed by atoms with van der Waals surface area (Å²) in [4.78, 5) is 4.39. The van der Waals surface area contributed by atoms with Crippen LogP contribution in [0.25, 0.3) is 22.8 Å². The number of halogens is 1. The Morgan fingerprint density at radius 3 is 2.60 bits per heavy atom. The lowest BCUT2D eigenvalue weighted by molar-refractivity contribution is 0.432. The van der Waals surface area contributed by atoms with Crippen LogP contribution in [0.15, 0.2) is 51.5 Å². The average molecular weight is 331 g/mol. The Morgan fingerprint density at radius 1 is 1.10 bits per heavy atom. The molecule has 0 radical (unpaired) electrons. The van der Waals surface area contributed by atoms with E-state index >= 15 is 0 Å². The quantitative estimate of drug-likeness (QED) is 0.765. The minimum Gasteiger partial charge on any atom is -0.508 e. The fourth-order valence-corrected chi connectivity index (χ4v) is 2.28. The topological polar surface area (TPSA) is 59.2 Å². The lowest BCUT2D eigenvalue weighted by Crippen LogP contribution is -1.83. The molecule has 100 valence electrons. The minimum atomic E-state index is 0.207. The third-order valence-corrected chi connectivity index (χ3v) is 3.60. The highest BCUT2D eigenvalue weighted by atomic mass is 79.9. The van der Waals surface area contributed by atoms with Crippen molar-refractivity contribution >= 4 is 15.9 Å². The first-order chi connectivity index (χ1) is 9.63. The molecule has 4 nitrogen and oxygen atoms in total. The molecule has 20 heavy (non-hydrogen) atoms. The van der Waals surface area contributed by atoms with Gasteiger partial charge in [0.2, 0.25) is 5.82 Å². The monoisotopic (exact) mass is 330 g/mol. The molecule has 0 aliphatic carbocycles. The van der Waals surface area contributed by atoms with Crippen LogP contribution in [0.3, 0.4) is 0 Å². The summed E-state index contributed by atoms with van der Waals surface area (Å²) >= 11 is 3.48. The fourth-order valence-electron chi connectivity index (χ4n) is 1.86. The molecule has 3 rings (SSSR count). The van der Waals surface area contributed by atoms with Gasteiger partial charge in [-0.15, -0.1) is 0 Å². The SMILES string of the molecule is Cc1ccc(Br)c(-c2nc(-c3ccc(O)cc3)no2)c1. The Balaban J connectivity index is 2.01. The van der Waals surface area contributed by atoms with E-state index in [9.17, 15) is 5.11 Å². The predicted octanol–water partition coefficient (Wildman–Crippen LogP) is 4.18. The van der Waals surface area contributed by atoms with Crippen molar-refractivity contribution in [2.75, 3.05) is 0 Å². The Kier molecular flexibility index (Phi) is 3.28. The summed E-state index contributed by atoms with van der Waals surface area (Å²) in [6.07, 6.45) is 0. The third kappa shape index (κ3) is 2.44. The van der Waals surface area contributed by atoms with Crippen LogP contribution in [0.5, 0.6) is 5.75 Å². The van der Waals surface area contributed by atoms with Crippen LogP contribution in [0.2, 0.25) is 0 Å². The Labute approximate surface area is 124 Å². The zero-order valence-electron chi connectivity index (χ0n) is 10.7. The van der Waals surface area contributed by atoms with Crippen molar-refractivity contribution in [2.45, 2.75) is 6.92 Å². The van der Waals surface area contributed by atoms with Gasteiger partial charge in [0.1, 0.15) is 5.75 Å². The number of phenols is 1. The average Bonchev–Trinajstić information content (AvgIpc) is 2.92. The molecule has 0 aliphatic heterocycles. The van der Waals surface area contributed by atoms with E-state index in [4.69, 9.17) is 4.52 Å². The highest BCUT2D eigenvalue weighted by Crippen LogP contribution is 2.29. The van der Waals surface area contributed by atoms with Gasteiger partial charge in [0, 0.05) is 10.0 Å². The van der Waals surface area contributed by atoms with E-state index in [1.807, 2.05) is 25.1 Å². The summed E-state index contributed by atoms with van der Waals surface area (Å²) in [5.74, 6) is 1.16. The number of aromatic nitrogens is 2. The van der Waals surface area contributed by atoms with Gasteiger partial charge in [0.25, 0.3) is 5.89 Å². The van der Waals surface area contributed by atoms with Crippen molar-refractivity contribution in [3.8, 4) is 28.6 Å². The summed E-state index contributed by atoms with van der Waals surface area (Å²) in [7, 11) is 0. The number of nitrogens with zero attached hydrogens (tertiary/aromatic N) is 2. The van der Waals surface area contributed by atoms with Gasteiger partial charge in [0.15, 0.2) is 0 Å². The Bertz CT molecular complexity index is 751. The number of benzene rings is 2. The second kappa shape index (κ2) is 5.09. The first-order valence-corrected chi connectivity index (χ1v) is 6.82. The molecule has 0 bridgehead atoms. The molecule has 1 aromatic heterocycles. The van der Waals surface area contributed by atoms with Crippen molar-refractivity contribution < 1.29 is 9.63 Å². The summed E-state index contributed by atoms with van der Waals surface area (Å²) in [6.45, 7) is 2.01. The van der Waals surface area contributed by atoms with E-state index in [-0.39, 0.29) is 5.75 Å². The summed E-state index contributed by atoms with van der Waals surface area (Å²) < 4.78 is 6.22. The van der Waals surface area contributed by atoms with Gasteiger partial charge in [0.05, 0.1) is 5.56 Å². The largest absolute Gasteiger partial charge is 0.508 e. The van der Waals surface area contributed by atoms with Crippen LogP contribution < -0.4 is 0 Å². The highest BCUT2D eigenvalue weighted by molar-refractivity contribution is 9.10. The van der Waals surface area contributed by atoms with Gasteiger partial charge in [-0.25, -0.2) is 0 Å². The summed E-state index contributed by atoms with van der Waals surface area (Å²) in [6, 6.07) is 12.6. The van der Waals surface area contributed by atoms with Gasteiger partial charge in [-0.1, -0.05) is 16.8 Å². The molecule has 0 saturated carbocycles. The van der Waals surface area contributed by atoms with E-state index in [0.29, 0.717) is 11.7 Å². The van der Waals surface area contributed by atoms with Crippen molar-refractivity contribution in [1.29, 1.82) is 0 Å². The molecule has 0 unspecified atom stereocenters. The van der Waals surface area contributed by atoms with Crippen molar-refractivity contribution in [1.82, 2.24) is 10.1 Å². The summed E-state index contributed by atoms with van der Waals surface area (Å²) in [5, 5.41) is 13.3.